The quantitative estimate of drug-likeness (QED) is 0.625. The molecule has 2 atom stereocenters. The SMILES string of the molecule is CCC(C)N(CCCC(C)CN)CCOC. The first-order chi connectivity index (χ1) is 7.65. The maximum Gasteiger partial charge on any atom is 0.0589 e. The van der Waals surface area contributed by atoms with Crippen molar-refractivity contribution >= 4 is 0 Å². The molecule has 0 bridgehead atoms. The molecule has 3 heteroatoms. The molecule has 0 spiro atoms. The van der Waals surface area contributed by atoms with Gasteiger partial charge < -0.3 is 10.5 Å². The molecule has 0 aromatic heterocycles. The molecule has 0 aromatic carbocycles. The smallest absolute Gasteiger partial charge is 0.0589 e. The van der Waals surface area contributed by atoms with E-state index in [0.29, 0.717) is 12.0 Å². The molecule has 16 heavy (non-hydrogen) atoms. The first kappa shape index (κ1) is 15.9. The molecule has 0 aliphatic carbocycles. The van der Waals surface area contributed by atoms with Crippen LogP contribution in [0.5, 0.6) is 0 Å². The third-order valence-corrected chi connectivity index (χ3v) is 3.34. The molecule has 98 valence electrons. The Morgan fingerprint density at radius 2 is 1.94 bits per heavy atom. The highest BCUT2D eigenvalue weighted by atomic mass is 16.5. The highest BCUT2D eigenvalue weighted by molar-refractivity contribution is 4.66. The van der Waals surface area contributed by atoms with E-state index in [4.69, 9.17) is 10.5 Å². The average Bonchev–Trinajstić information content (AvgIpc) is 2.32. The summed E-state index contributed by atoms with van der Waals surface area (Å²) in [6, 6.07) is 0.656. The molecule has 0 saturated heterocycles. The summed E-state index contributed by atoms with van der Waals surface area (Å²) in [5, 5.41) is 0. The maximum atomic E-state index is 5.62. The highest BCUT2D eigenvalue weighted by Gasteiger charge is 2.11. The van der Waals surface area contributed by atoms with Crippen molar-refractivity contribution in [3.63, 3.8) is 0 Å². The van der Waals surface area contributed by atoms with E-state index < -0.39 is 0 Å². The van der Waals surface area contributed by atoms with Gasteiger partial charge in [0.25, 0.3) is 0 Å². The van der Waals surface area contributed by atoms with Gasteiger partial charge in [-0.25, -0.2) is 0 Å². The van der Waals surface area contributed by atoms with Gasteiger partial charge in [-0.1, -0.05) is 13.8 Å². The van der Waals surface area contributed by atoms with Crippen LogP contribution in [0.3, 0.4) is 0 Å². The van der Waals surface area contributed by atoms with Gasteiger partial charge in [-0.15, -0.1) is 0 Å². The molecule has 0 heterocycles. The van der Waals surface area contributed by atoms with Crippen molar-refractivity contribution in [2.45, 2.75) is 46.1 Å². The summed E-state index contributed by atoms with van der Waals surface area (Å²) >= 11 is 0. The van der Waals surface area contributed by atoms with Crippen molar-refractivity contribution in [1.82, 2.24) is 4.90 Å². The van der Waals surface area contributed by atoms with E-state index in [-0.39, 0.29) is 0 Å². The molecule has 0 radical (unpaired) electrons. The molecule has 0 fully saturated rings. The summed E-state index contributed by atoms with van der Waals surface area (Å²) in [6.45, 7) is 10.6. The fraction of sp³-hybridized carbons (Fsp3) is 1.00. The number of hydrogen-bond acceptors (Lipinski definition) is 3. The van der Waals surface area contributed by atoms with Gasteiger partial charge in [0.2, 0.25) is 0 Å². The van der Waals surface area contributed by atoms with E-state index in [9.17, 15) is 0 Å². The summed E-state index contributed by atoms with van der Waals surface area (Å²) < 4.78 is 5.15. The van der Waals surface area contributed by atoms with Crippen molar-refractivity contribution in [2.75, 3.05) is 33.4 Å². The van der Waals surface area contributed by atoms with Gasteiger partial charge in [0.1, 0.15) is 0 Å². The minimum absolute atomic E-state index is 0.654. The summed E-state index contributed by atoms with van der Waals surface area (Å²) in [4.78, 5) is 2.52. The molecule has 0 amide bonds. The van der Waals surface area contributed by atoms with Crippen LogP contribution in [-0.4, -0.2) is 44.3 Å². The summed E-state index contributed by atoms with van der Waals surface area (Å²) in [6.07, 6.45) is 3.68. The second-order valence-corrected chi connectivity index (χ2v) is 4.77. The predicted octanol–water partition coefficient (Wildman–Crippen LogP) is 2.11. The second-order valence-electron chi connectivity index (χ2n) is 4.77. The van der Waals surface area contributed by atoms with Crippen LogP contribution >= 0.6 is 0 Å². The molecule has 0 aliphatic heterocycles. The number of ether oxygens (including phenoxy) is 1. The monoisotopic (exact) mass is 230 g/mol. The predicted molar refractivity (Wildman–Crippen MR) is 70.7 cm³/mol. The van der Waals surface area contributed by atoms with E-state index in [0.717, 1.165) is 19.7 Å². The van der Waals surface area contributed by atoms with E-state index in [1.54, 1.807) is 7.11 Å². The largest absolute Gasteiger partial charge is 0.383 e. The topological polar surface area (TPSA) is 38.5 Å². The van der Waals surface area contributed by atoms with Gasteiger partial charge in [0, 0.05) is 19.7 Å². The number of nitrogens with zero attached hydrogens (tertiary/aromatic N) is 1. The maximum absolute atomic E-state index is 5.62. The van der Waals surface area contributed by atoms with Gasteiger partial charge in [-0.05, 0) is 45.2 Å². The lowest BCUT2D eigenvalue weighted by Gasteiger charge is -2.28. The van der Waals surface area contributed by atoms with Crippen LogP contribution in [0.2, 0.25) is 0 Å². The van der Waals surface area contributed by atoms with Gasteiger partial charge in [0.15, 0.2) is 0 Å². The van der Waals surface area contributed by atoms with Crippen LogP contribution in [0.15, 0.2) is 0 Å². The molecule has 2 N–H and O–H groups in total. The lowest BCUT2D eigenvalue weighted by Crippen LogP contribution is -2.36. The van der Waals surface area contributed by atoms with Crippen molar-refractivity contribution in [1.29, 1.82) is 0 Å². The Hall–Kier alpha value is -0.120. The third-order valence-electron chi connectivity index (χ3n) is 3.34. The Bertz CT molecular complexity index is 153. The summed E-state index contributed by atoms with van der Waals surface area (Å²) in [5.41, 5.74) is 5.62. The summed E-state index contributed by atoms with van der Waals surface area (Å²) in [5.74, 6) is 0.654. The molecule has 0 saturated carbocycles. The van der Waals surface area contributed by atoms with Crippen LogP contribution in [-0.2, 0) is 4.74 Å². The van der Waals surface area contributed by atoms with Crippen molar-refractivity contribution in [3.8, 4) is 0 Å². The number of nitrogens with two attached hydrogens (primary N) is 1. The second kappa shape index (κ2) is 10.1. The zero-order chi connectivity index (χ0) is 12.4. The Balaban J connectivity index is 3.82. The summed E-state index contributed by atoms with van der Waals surface area (Å²) in [7, 11) is 1.77. The van der Waals surface area contributed by atoms with Crippen LogP contribution in [0, 0.1) is 5.92 Å². The number of rotatable bonds is 10. The first-order valence-corrected chi connectivity index (χ1v) is 6.58. The zero-order valence-corrected chi connectivity index (χ0v) is 11.5. The van der Waals surface area contributed by atoms with Gasteiger partial charge in [0.05, 0.1) is 6.61 Å². The highest BCUT2D eigenvalue weighted by Crippen LogP contribution is 2.08. The molecule has 0 aromatic rings. The number of methoxy groups -OCH3 is 1. The van der Waals surface area contributed by atoms with Gasteiger partial charge >= 0.3 is 0 Å². The van der Waals surface area contributed by atoms with E-state index in [1.807, 2.05) is 0 Å². The number of hydrogen-bond donors (Lipinski definition) is 1. The lowest BCUT2D eigenvalue weighted by atomic mass is 10.1. The first-order valence-electron chi connectivity index (χ1n) is 6.58. The fourth-order valence-corrected chi connectivity index (χ4v) is 1.78. The van der Waals surface area contributed by atoms with E-state index >= 15 is 0 Å². The Kier molecular flexibility index (Phi) is 9.99. The van der Waals surface area contributed by atoms with Crippen LogP contribution in [0.4, 0.5) is 0 Å². The van der Waals surface area contributed by atoms with Crippen molar-refractivity contribution < 1.29 is 4.74 Å². The van der Waals surface area contributed by atoms with Crippen molar-refractivity contribution in [3.05, 3.63) is 0 Å². The van der Waals surface area contributed by atoms with Crippen LogP contribution in [0.25, 0.3) is 0 Å². The lowest BCUT2D eigenvalue weighted by molar-refractivity contribution is 0.120. The Labute approximate surface area is 101 Å². The molecular formula is C13H30N2O. The molecule has 2 unspecified atom stereocenters. The molecular weight excluding hydrogens is 200 g/mol. The van der Waals surface area contributed by atoms with Crippen LogP contribution < -0.4 is 5.73 Å². The van der Waals surface area contributed by atoms with Gasteiger partial charge in [-0.2, -0.15) is 0 Å². The molecule has 0 aliphatic rings. The van der Waals surface area contributed by atoms with Crippen LogP contribution in [0.1, 0.15) is 40.0 Å². The van der Waals surface area contributed by atoms with E-state index in [2.05, 4.69) is 25.7 Å². The fourth-order valence-electron chi connectivity index (χ4n) is 1.78. The Morgan fingerprint density at radius 3 is 2.44 bits per heavy atom. The standard InChI is InChI=1S/C13H30N2O/c1-5-13(3)15(9-10-16-4)8-6-7-12(2)11-14/h12-13H,5-11,14H2,1-4H3. The molecule has 3 nitrogen and oxygen atoms in total. The third kappa shape index (κ3) is 7.20. The van der Waals surface area contributed by atoms with Crippen molar-refractivity contribution in [2.24, 2.45) is 11.7 Å². The normalized spacial score (nSPS) is 15.4. The average molecular weight is 230 g/mol. The zero-order valence-electron chi connectivity index (χ0n) is 11.5. The van der Waals surface area contributed by atoms with E-state index in [1.165, 1.54) is 25.8 Å². The molecule has 0 rings (SSSR count). The Morgan fingerprint density at radius 1 is 1.25 bits per heavy atom. The minimum atomic E-state index is 0.654. The van der Waals surface area contributed by atoms with Gasteiger partial charge in [-0.3, -0.25) is 4.90 Å². The minimum Gasteiger partial charge on any atom is -0.383 e.